The van der Waals surface area contributed by atoms with Crippen LogP contribution in [0, 0.1) is 0 Å². The zero-order valence-corrected chi connectivity index (χ0v) is 11.8. The first-order valence-electron chi connectivity index (χ1n) is 5.63. The zero-order chi connectivity index (χ0) is 12.6. The van der Waals surface area contributed by atoms with Gasteiger partial charge in [-0.05, 0) is 44.5 Å². The van der Waals surface area contributed by atoms with Gasteiger partial charge < -0.3 is 10.1 Å². The summed E-state index contributed by atoms with van der Waals surface area (Å²) in [6.07, 6.45) is 0.684. The fourth-order valence-corrected chi connectivity index (χ4v) is 2.25. The van der Waals surface area contributed by atoms with Crippen molar-refractivity contribution in [3.05, 3.63) is 28.2 Å². The van der Waals surface area contributed by atoms with E-state index in [4.69, 9.17) is 4.74 Å². The molecule has 2 rings (SSSR count). The number of rotatable bonds is 1. The van der Waals surface area contributed by atoms with Crippen molar-refractivity contribution in [3.63, 3.8) is 0 Å². The van der Waals surface area contributed by atoms with E-state index in [2.05, 4.69) is 21.2 Å². The Hall–Kier alpha value is -1.03. The molecule has 1 aromatic rings. The van der Waals surface area contributed by atoms with Crippen molar-refractivity contribution in [1.82, 2.24) is 0 Å². The van der Waals surface area contributed by atoms with Crippen LogP contribution in [-0.2, 0) is 16.0 Å². The van der Waals surface area contributed by atoms with Crippen molar-refractivity contribution in [3.8, 4) is 0 Å². The fourth-order valence-electron chi connectivity index (χ4n) is 1.85. The number of benzene rings is 1. The number of carbonyl (C=O) groups is 1. The van der Waals surface area contributed by atoms with Crippen LogP contribution in [0.4, 0.5) is 5.69 Å². The van der Waals surface area contributed by atoms with E-state index in [1.165, 1.54) is 0 Å². The average molecular weight is 298 g/mol. The van der Waals surface area contributed by atoms with Crippen LogP contribution in [0.25, 0.3) is 0 Å². The lowest BCUT2D eigenvalue weighted by Crippen LogP contribution is -2.35. The molecule has 0 fully saturated rings. The highest BCUT2D eigenvalue weighted by molar-refractivity contribution is 9.10. The van der Waals surface area contributed by atoms with Crippen LogP contribution in [0.1, 0.15) is 26.3 Å². The quantitative estimate of drug-likeness (QED) is 0.810. The van der Waals surface area contributed by atoms with E-state index in [0.717, 1.165) is 15.7 Å². The van der Waals surface area contributed by atoms with Gasteiger partial charge in [-0.2, -0.15) is 0 Å². The smallest absolute Gasteiger partial charge is 0.329 e. The molecular weight excluding hydrogens is 282 g/mol. The van der Waals surface area contributed by atoms with Crippen LogP contribution in [0.5, 0.6) is 0 Å². The molecule has 1 unspecified atom stereocenters. The maximum absolute atomic E-state index is 11.9. The Labute approximate surface area is 110 Å². The molecule has 1 N–H and O–H groups in total. The summed E-state index contributed by atoms with van der Waals surface area (Å²) in [7, 11) is 0. The second-order valence-corrected chi connectivity index (χ2v) is 6.15. The van der Waals surface area contributed by atoms with E-state index in [1.54, 1.807) is 0 Å². The topological polar surface area (TPSA) is 38.3 Å². The minimum atomic E-state index is -0.436. The van der Waals surface area contributed by atoms with E-state index in [1.807, 2.05) is 39.0 Å². The third-order valence-corrected chi connectivity index (χ3v) is 3.01. The summed E-state index contributed by atoms with van der Waals surface area (Å²) in [6.45, 7) is 5.64. The van der Waals surface area contributed by atoms with Crippen molar-refractivity contribution in [1.29, 1.82) is 0 Å². The molecule has 0 bridgehead atoms. The van der Waals surface area contributed by atoms with Gasteiger partial charge in [-0.15, -0.1) is 0 Å². The maximum Gasteiger partial charge on any atom is 0.329 e. The fraction of sp³-hybridized carbons (Fsp3) is 0.462. The summed E-state index contributed by atoms with van der Waals surface area (Å²) < 4.78 is 6.40. The Morgan fingerprint density at radius 2 is 2.18 bits per heavy atom. The molecule has 1 atom stereocenters. The van der Waals surface area contributed by atoms with Gasteiger partial charge in [0.15, 0.2) is 0 Å². The molecule has 0 spiro atoms. The van der Waals surface area contributed by atoms with Gasteiger partial charge in [-0.3, -0.25) is 0 Å². The van der Waals surface area contributed by atoms with Crippen LogP contribution in [0.3, 0.4) is 0 Å². The SMILES string of the molecule is CC(C)(C)OC(=O)C1Cc2cc(Br)ccc2N1. The number of hydrogen-bond acceptors (Lipinski definition) is 3. The third-order valence-electron chi connectivity index (χ3n) is 2.51. The molecule has 1 aromatic carbocycles. The molecule has 0 amide bonds. The highest BCUT2D eigenvalue weighted by Gasteiger charge is 2.30. The molecule has 0 saturated carbocycles. The second kappa shape index (κ2) is 4.33. The first-order chi connectivity index (χ1) is 7.85. The number of halogens is 1. The monoisotopic (exact) mass is 297 g/mol. The molecule has 4 heteroatoms. The largest absolute Gasteiger partial charge is 0.458 e. The number of hydrogen-bond donors (Lipinski definition) is 1. The number of nitrogens with one attached hydrogen (secondary N) is 1. The van der Waals surface area contributed by atoms with Crippen molar-refractivity contribution < 1.29 is 9.53 Å². The first-order valence-corrected chi connectivity index (χ1v) is 6.42. The summed E-state index contributed by atoms with van der Waals surface area (Å²) >= 11 is 3.43. The molecule has 0 aliphatic carbocycles. The number of ether oxygens (including phenoxy) is 1. The summed E-state index contributed by atoms with van der Waals surface area (Å²) in [4.78, 5) is 11.9. The average Bonchev–Trinajstić information content (AvgIpc) is 2.57. The van der Waals surface area contributed by atoms with Crippen LogP contribution < -0.4 is 5.32 Å². The van der Waals surface area contributed by atoms with E-state index < -0.39 is 5.60 Å². The molecule has 92 valence electrons. The van der Waals surface area contributed by atoms with Crippen LogP contribution in [0.2, 0.25) is 0 Å². The van der Waals surface area contributed by atoms with E-state index in [0.29, 0.717) is 6.42 Å². The van der Waals surface area contributed by atoms with E-state index in [-0.39, 0.29) is 12.0 Å². The lowest BCUT2D eigenvalue weighted by atomic mass is 10.1. The molecule has 1 aliphatic rings. The molecule has 1 aliphatic heterocycles. The summed E-state index contributed by atoms with van der Waals surface area (Å²) in [6, 6.07) is 5.71. The van der Waals surface area contributed by atoms with Crippen LogP contribution in [0.15, 0.2) is 22.7 Å². The van der Waals surface area contributed by atoms with Crippen LogP contribution >= 0.6 is 15.9 Å². The highest BCUT2D eigenvalue weighted by Crippen LogP contribution is 2.29. The van der Waals surface area contributed by atoms with Gasteiger partial charge in [0.1, 0.15) is 11.6 Å². The normalized spacial score (nSPS) is 18.5. The van der Waals surface area contributed by atoms with Gasteiger partial charge in [0.2, 0.25) is 0 Å². The highest BCUT2D eigenvalue weighted by atomic mass is 79.9. The Morgan fingerprint density at radius 3 is 2.82 bits per heavy atom. The molecule has 0 radical (unpaired) electrons. The molecule has 0 saturated heterocycles. The number of anilines is 1. The third kappa shape index (κ3) is 3.00. The Balaban J connectivity index is 2.07. The molecular formula is C13H16BrNO2. The lowest BCUT2D eigenvalue weighted by Gasteiger charge is -2.22. The summed E-state index contributed by atoms with van der Waals surface area (Å²) in [5, 5.41) is 3.19. The van der Waals surface area contributed by atoms with Gasteiger partial charge in [0.05, 0.1) is 0 Å². The Kier molecular flexibility index (Phi) is 3.17. The van der Waals surface area contributed by atoms with E-state index in [9.17, 15) is 4.79 Å². The predicted octanol–water partition coefficient (Wildman–Crippen LogP) is 3.13. The lowest BCUT2D eigenvalue weighted by molar-refractivity contribution is -0.155. The summed E-state index contributed by atoms with van der Waals surface area (Å²) in [5.74, 6) is -0.190. The van der Waals surface area contributed by atoms with Gasteiger partial charge >= 0.3 is 5.97 Å². The van der Waals surface area contributed by atoms with Crippen molar-refractivity contribution in [2.24, 2.45) is 0 Å². The predicted molar refractivity (Wildman–Crippen MR) is 71.1 cm³/mol. The Bertz CT molecular complexity index is 451. The molecule has 1 heterocycles. The van der Waals surface area contributed by atoms with Crippen molar-refractivity contribution in [2.75, 3.05) is 5.32 Å². The molecule has 17 heavy (non-hydrogen) atoms. The van der Waals surface area contributed by atoms with E-state index >= 15 is 0 Å². The minimum absolute atomic E-state index is 0.190. The standard InChI is InChI=1S/C13H16BrNO2/c1-13(2,3)17-12(16)11-7-8-6-9(14)4-5-10(8)15-11/h4-6,11,15H,7H2,1-3H3. The van der Waals surface area contributed by atoms with Crippen LogP contribution in [-0.4, -0.2) is 17.6 Å². The second-order valence-electron chi connectivity index (χ2n) is 5.24. The van der Waals surface area contributed by atoms with Crippen molar-refractivity contribution >= 4 is 27.6 Å². The van der Waals surface area contributed by atoms with Gasteiger partial charge in [0.25, 0.3) is 0 Å². The summed E-state index contributed by atoms with van der Waals surface area (Å²) in [5.41, 5.74) is 1.73. The molecule has 3 nitrogen and oxygen atoms in total. The van der Waals surface area contributed by atoms with Gasteiger partial charge in [-0.1, -0.05) is 15.9 Å². The van der Waals surface area contributed by atoms with Crippen molar-refractivity contribution in [2.45, 2.75) is 38.8 Å². The minimum Gasteiger partial charge on any atom is -0.458 e. The number of fused-ring (bicyclic) bond motifs is 1. The molecule has 0 aromatic heterocycles. The zero-order valence-electron chi connectivity index (χ0n) is 10.2. The first kappa shape index (κ1) is 12.4. The number of carbonyl (C=O) groups excluding carboxylic acids is 1. The number of esters is 1. The Morgan fingerprint density at radius 1 is 1.47 bits per heavy atom. The van der Waals surface area contributed by atoms with Gasteiger partial charge in [0, 0.05) is 16.6 Å². The maximum atomic E-state index is 11.9. The van der Waals surface area contributed by atoms with Gasteiger partial charge in [-0.25, -0.2) is 4.79 Å².